The first kappa shape index (κ1) is 15.3. The zero-order valence-electron chi connectivity index (χ0n) is 9.52. The van der Waals surface area contributed by atoms with E-state index in [4.69, 9.17) is 0 Å². The summed E-state index contributed by atoms with van der Waals surface area (Å²) in [5.41, 5.74) is 0.684. The van der Waals surface area contributed by atoms with E-state index in [0.29, 0.717) is 5.56 Å². The van der Waals surface area contributed by atoms with Gasteiger partial charge in [0.1, 0.15) is 10.4 Å². The highest BCUT2D eigenvalue weighted by molar-refractivity contribution is 9.10. The van der Waals surface area contributed by atoms with E-state index >= 15 is 0 Å². The first-order valence-electron chi connectivity index (χ1n) is 4.89. The molecular formula is C10H12BrF2NO3S. The Morgan fingerprint density at radius 1 is 1.33 bits per heavy atom. The van der Waals surface area contributed by atoms with Gasteiger partial charge in [0, 0.05) is 13.6 Å². The minimum Gasteiger partial charge on any atom is -0.435 e. The minimum atomic E-state index is -3.33. The molecular weight excluding hydrogens is 332 g/mol. The lowest BCUT2D eigenvalue weighted by Gasteiger charge is -2.15. The highest BCUT2D eigenvalue weighted by atomic mass is 79.9. The maximum atomic E-state index is 11.9. The summed E-state index contributed by atoms with van der Waals surface area (Å²) in [6, 6.07) is 5.82. The van der Waals surface area contributed by atoms with Gasteiger partial charge in [0.05, 0.1) is 0 Å². The quantitative estimate of drug-likeness (QED) is 0.745. The number of rotatable bonds is 6. The Bertz CT molecular complexity index is 478. The van der Waals surface area contributed by atoms with Crippen molar-refractivity contribution in [1.29, 1.82) is 0 Å². The third-order valence-corrected chi connectivity index (χ3v) is 5.26. The largest absolute Gasteiger partial charge is 0.435 e. The van der Waals surface area contributed by atoms with Crippen LogP contribution in [0.4, 0.5) is 8.78 Å². The monoisotopic (exact) mass is 343 g/mol. The van der Waals surface area contributed by atoms with Crippen LogP contribution in [-0.2, 0) is 16.6 Å². The Hall–Kier alpha value is -0.730. The number of sulfonamides is 1. The molecule has 1 aromatic carbocycles. The van der Waals surface area contributed by atoms with E-state index < -0.39 is 16.6 Å². The molecule has 0 aliphatic carbocycles. The van der Waals surface area contributed by atoms with Gasteiger partial charge in [0.15, 0.2) is 0 Å². The molecule has 0 aliphatic heterocycles. The van der Waals surface area contributed by atoms with Gasteiger partial charge in [0.25, 0.3) is 0 Å². The molecule has 18 heavy (non-hydrogen) atoms. The Morgan fingerprint density at radius 2 is 1.89 bits per heavy atom. The molecule has 0 atom stereocenters. The predicted octanol–water partition coefficient (Wildman–Crippen LogP) is 2.40. The summed E-state index contributed by atoms with van der Waals surface area (Å²) in [5, 5.41) is 0. The van der Waals surface area contributed by atoms with Crippen molar-refractivity contribution in [1.82, 2.24) is 4.31 Å². The molecule has 0 N–H and O–H groups in total. The van der Waals surface area contributed by atoms with E-state index in [2.05, 4.69) is 20.7 Å². The summed E-state index contributed by atoms with van der Waals surface area (Å²) in [6.07, 6.45) is 0. The number of hydrogen-bond donors (Lipinski definition) is 0. The molecule has 102 valence electrons. The topological polar surface area (TPSA) is 46.6 Å². The van der Waals surface area contributed by atoms with Crippen molar-refractivity contribution >= 4 is 26.0 Å². The molecule has 0 aromatic heterocycles. The van der Waals surface area contributed by atoms with Gasteiger partial charge >= 0.3 is 6.61 Å². The fraction of sp³-hybridized carbons (Fsp3) is 0.400. The molecule has 0 spiro atoms. The molecule has 0 saturated carbocycles. The lowest BCUT2D eigenvalue weighted by Crippen LogP contribution is -2.26. The van der Waals surface area contributed by atoms with Gasteiger partial charge in [-0.3, -0.25) is 0 Å². The molecule has 1 rings (SSSR count). The van der Waals surface area contributed by atoms with Crippen molar-refractivity contribution < 1.29 is 21.9 Å². The lowest BCUT2D eigenvalue weighted by atomic mass is 10.2. The first-order valence-corrected chi connectivity index (χ1v) is 7.62. The van der Waals surface area contributed by atoms with Crippen molar-refractivity contribution in [3.05, 3.63) is 29.8 Å². The average Bonchev–Trinajstić information content (AvgIpc) is 2.31. The SMILES string of the molecule is CN(Cc1ccc(OC(F)F)cc1)S(=O)(=O)CBr. The molecule has 0 aliphatic rings. The summed E-state index contributed by atoms with van der Waals surface area (Å²) < 4.78 is 52.0. The zero-order chi connectivity index (χ0) is 13.8. The summed E-state index contributed by atoms with van der Waals surface area (Å²) in [4.78, 5) is 0. The second-order valence-electron chi connectivity index (χ2n) is 3.50. The number of ether oxygens (including phenoxy) is 1. The average molecular weight is 344 g/mol. The van der Waals surface area contributed by atoms with Crippen LogP contribution in [0.15, 0.2) is 24.3 Å². The Morgan fingerprint density at radius 3 is 2.33 bits per heavy atom. The molecule has 0 bridgehead atoms. The highest BCUT2D eigenvalue weighted by Gasteiger charge is 2.16. The maximum Gasteiger partial charge on any atom is 0.387 e. The molecule has 0 saturated heterocycles. The minimum absolute atomic E-state index is 0.0414. The molecule has 8 heteroatoms. The fourth-order valence-electron chi connectivity index (χ4n) is 1.22. The summed E-state index contributed by atoms with van der Waals surface area (Å²) in [6.45, 7) is -2.70. The summed E-state index contributed by atoms with van der Waals surface area (Å²) >= 11 is 2.89. The van der Waals surface area contributed by atoms with Crippen LogP contribution in [0.1, 0.15) is 5.56 Å². The van der Waals surface area contributed by atoms with Crippen LogP contribution in [0.3, 0.4) is 0 Å². The van der Waals surface area contributed by atoms with Crippen LogP contribution in [0.25, 0.3) is 0 Å². The standard InChI is InChI=1S/C10H12BrF2NO3S/c1-14(18(15,16)7-11)6-8-2-4-9(5-3-8)17-10(12)13/h2-5,10H,6-7H2,1H3. The van der Waals surface area contributed by atoms with Gasteiger partial charge < -0.3 is 4.74 Å². The Kier molecular flexibility index (Phi) is 5.48. The van der Waals surface area contributed by atoms with E-state index in [-0.39, 0.29) is 17.0 Å². The van der Waals surface area contributed by atoms with E-state index in [1.807, 2.05) is 0 Å². The van der Waals surface area contributed by atoms with E-state index in [0.717, 1.165) is 0 Å². The third kappa shape index (κ3) is 4.51. The summed E-state index contributed by atoms with van der Waals surface area (Å²) in [5.74, 6) is 0.0414. The van der Waals surface area contributed by atoms with Crippen molar-refractivity contribution in [2.24, 2.45) is 0 Å². The Labute approximate surface area is 113 Å². The number of alkyl halides is 3. The van der Waals surface area contributed by atoms with Gasteiger partial charge in [0.2, 0.25) is 10.0 Å². The zero-order valence-corrected chi connectivity index (χ0v) is 11.9. The smallest absolute Gasteiger partial charge is 0.387 e. The number of benzene rings is 1. The first-order chi connectivity index (χ1) is 8.35. The van der Waals surface area contributed by atoms with Gasteiger partial charge in [-0.15, -0.1) is 0 Å². The summed E-state index contributed by atoms with van der Waals surface area (Å²) in [7, 11) is -1.88. The van der Waals surface area contributed by atoms with Crippen LogP contribution in [0.2, 0.25) is 0 Å². The van der Waals surface area contributed by atoms with Gasteiger partial charge in [-0.2, -0.15) is 13.1 Å². The fourth-order valence-corrected chi connectivity index (χ4v) is 2.78. The van der Waals surface area contributed by atoms with Crippen molar-refractivity contribution in [2.45, 2.75) is 13.2 Å². The van der Waals surface area contributed by atoms with Crippen LogP contribution in [0, 0.1) is 0 Å². The second-order valence-corrected chi connectivity index (χ2v) is 6.88. The maximum absolute atomic E-state index is 11.9. The molecule has 0 fully saturated rings. The molecule has 0 radical (unpaired) electrons. The van der Waals surface area contributed by atoms with Gasteiger partial charge in [-0.05, 0) is 17.7 Å². The Balaban J connectivity index is 2.70. The van der Waals surface area contributed by atoms with Crippen molar-refractivity contribution in [3.63, 3.8) is 0 Å². The van der Waals surface area contributed by atoms with Crippen molar-refractivity contribution in [3.8, 4) is 5.75 Å². The molecule has 0 amide bonds. The van der Waals surface area contributed by atoms with Crippen molar-refractivity contribution in [2.75, 3.05) is 11.7 Å². The van der Waals surface area contributed by atoms with E-state index in [9.17, 15) is 17.2 Å². The van der Waals surface area contributed by atoms with Crippen LogP contribution in [-0.4, -0.2) is 31.0 Å². The molecule has 0 unspecified atom stereocenters. The van der Waals surface area contributed by atoms with Gasteiger partial charge in [-0.25, -0.2) is 8.42 Å². The van der Waals surface area contributed by atoms with Crippen LogP contribution < -0.4 is 4.74 Å². The molecule has 0 heterocycles. The number of halogens is 3. The molecule has 1 aromatic rings. The predicted molar refractivity (Wildman–Crippen MR) is 67.3 cm³/mol. The number of hydrogen-bond acceptors (Lipinski definition) is 3. The lowest BCUT2D eigenvalue weighted by molar-refractivity contribution is -0.0498. The third-order valence-electron chi connectivity index (χ3n) is 2.17. The number of nitrogens with zero attached hydrogens (tertiary/aromatic N) is 1. The van der Waals surface area contributed by atoms with E-state index in [1.54, 1.807) is 0 Å². The van der Waals surface area contributed by atoms with Crippen LogP contribution in [0.5, 0.6) is 5.75 Å². The second kappa shape index (κ2) is 6.44. The highest BCUT2D eigenvalue weighted by Crippen LogP contribution is 2.16. The molecule has 4 nitrogen and oxygen atoms in total. The normalized spacial score (nSPS) is 12.1. The van der Waals surface area contributed by atoms with Gasteiger partial charge in [-0.1, -0.05) is 28.1 Å². The van der Waals surface area contributed by atoms with E-state index in [1.165, 1.54) is 35.6 Å². The van der Waals surface area contributed by atoms with Crippen LogP contribution >= 0.6 is 15.9 Å².